The molecule has 122 valence electrons. The molecular weight excluding hydrogens is 302 g/mol. The number of carbonyl (C=O) groups is 1. The average molecular weight is 319 g/mol. The van der Waals surface area contributed by atoms with E-state index in [1.807, 2.05) is 0 Å². The van der Waals surface area contributed by atoms with Crippen LogP contribution in [0.4, 0.5) is 0 Å². The van der Waals surface area contributed by atoms with Crippen molar-refractivity contribution in [2.75, 3.05) is 27.4 Å². The van der Waals surface area contributed by atoms with Crippen LogP contribution in [0.25, 0.3) is 10.9 Å². The van der Waals surface area contributed by atoms with Crippen LogP contribution in [0.5, 0.6) is 5.75 Å². The molecule has 7 nitrogen and oxygen atoms in total. The normalized spacial score (nSPS) is 15.0. The molecule has 0 atom stereocenters. The Hall–Kier alpha value is -2.38. The van der Waals surface area contributed by atoms with E-state index >= 15 is 0 Å². The molecule has 0 bridgehead atoms. The molecule has 0 aliphatic carbocycles. The maximum Gasteiger partial charge on any atom is 0.338 e. The van der Waals surface area contributed by atoms with Gasteiger partial charge in [0.05, 0.1) is 45.1 Å². The van der Waals surface area contributed by atoms with Gasteiger partial charge in [-0.25, -0.2) is 4.79 Å². The summed E-state index contributed by atoms with van der Waals surface area (Å²) < 4.78 is 22.4. The largest absolute Gasteiger partial charge is 0.497 e. The van der Waals surface area contributed by atoms with Gasteiger partial charge < -0.3 is 23.5 Å². The molecule has 1 fully saturated rings. The Morgan fingerprint density at radius 2 is 2.00 bits per heavy atom. The van der Waals surface area contributed by atoms with Crippen molar-refractivity contribution in [3.05, 3.63) is 40.2 Å². The van der Waals surface area contributed by atoms with E-state index in [0.29, 0.717) is 35.4 Å². The van der Waals surface area contributed by atoms with Crippen LogP contribution in [0.2, 0.25) is 0 Å². The summed E-state index contributed by atoms with van der Waals surface area (Å²) in [5.41, 5.74) is 0.695. The number of carbonyl (C=O) groups excluding carboxylic acids is 1. The van der Waals surface area contributed by atoms with E-state index in [4.69, 9.17) is 18.9 Å². The molecule has 2 heterocycles. The maximum atomic E-state index is 12.3. The number of benzene rings is 1. The van der Waals surface area contributed by atoms with Crippen molar-refractivity contribution in [2.45, 2.75) is 12.8 Å². The number of methoxy groups -OCH3 is 2. The van der Waals surface area contributed by atoms with E-state index in [9.17, 15) is 9.59 Å². The van der Waals surface area contributed by atoms with E-state index < -0.39 is 12.3 Å². The van der Waals surface area contributed by atoms with Gasteiger partial charge in [-0.05, 0) is 12.1 Å². The zero-order chi connectivity index (χ0) is 16.4. The molecule has 0 N–H and O–H groups in total. The Morgan fingerprint density at radius 3 is 2.65 bits per heavy atom. The Labute approximate surface area is 132 Å². The summed E-state index contributed by atoms with van der Waals surface area (Å²) in [6.07, 6.45) is -0.480. The quantitative estimate of drug-likeness (QED) is 0.788. The summed E-state index contributed by atoms with van der Waals surface area (Å²) >= 11 is 0. The third-order valence-electron chi connectivity index (χ3n) is 3.74. The maximum absolute atomic E-state index is 12.3. The van der Waals surface area contributed by atoms with Gasteiger partial charge >= 0.3 is 5.97 Å². The van der Waals surface area contributed by atoms with Crippen molar-refractivity contribution in [3.8, 4) is 5.75 Å². The minimum absolute atomic E-state index is 0.208. The van der Waals surface area contributed by atoms with E-state index in [0.717, 1.165) is 0 Å². The molecule has 0 radical (unpaired) electrons. The Morgan fingerprint density at radius 1 is 1.26 bits per heavy atom. The standard InChI is InChI=1S/C16H17NO6/c1-20-10-7-12(16(19)21-2)11-3-4-14(18)17(13(11)8-10)9-15-22-5-6-23-15/h3-4,7-8,15H,5-6,9H2,1-2H3. The molecule has 1 aromatic carbocycles. The Balaban J connectivity index is 2.19. The first kappa shape index (κ1) is 15.5. The molecule has 1 aliphatic rings. The lowest BCUT2D eigenvalue weighted by atomic mass is 10.1. The third-order valence-corrected chi connectivity index (χ3v) is 3.74. The topological polar surface area (TPSA) is 76.0 Å². The van der Waals surface area contributed by atoms with Gasteiger partial charge in [-0.2, -0.15) is 0 Å². The summed E-state index contributed by atoms with van der Waals surface area (Å²) in [6.45, 7) is 1.24. The van der Waals surface area contributed by atoms with Crippen molar-refractivity contribution in [1.29, 1.82) is 0 Å². The molecule has 2 aromatic rings. The van der Waals surface area contributed by atoms with Crippen molar-refractivity contribution in [2.24, 2.45) is 0 Å². The van der Waals surface area contributed by atoms with Gasteiger partial charge in [0.2, 0.25) is 0 Å². The molecule has 7 heteroatoms. The molecule has 0 unspecified atom stereocenters. The first-order valence-corrected chi connectivity index (χ1v) is 7.17. The first-order chi connectivity index (χ1) is 11.1. The molecular formula is C16H17NO6. The highest BCUT2D eigenvalue weighted by molar-refractivity contribution is 6.04. The Bertz CT molecular complexity index is 791. The smallest absolute Gasteiger partial charge is 0.338 e. The van der Waals surface area contributed by atoms with Crippen LogP contribution in [0.3, 0.4) is 0 Å². The van der Waals surface area contributed by atoms with E-state index in [1.165, 1.54) is 24.9 Å². The number of pyridine rings is 1. The van der Waals surface area contributed by atoms with Gasteiger partial charge in [-0.3, -0.25) is 4.79 Å². The highest BCUT2D eigenvalue weighted by atomic mass is 16.7. The average Bonchev–Trinajstić information content (AvgIpc) is 3.08. The SMILES string of the molecule is COC(=O)c1cc(OC)cc2c1ccc(=O)n2CC1OCCO1. The Kier molecular flexibility index (Phi) is 4.31. The van der Waals surface area contributed by atoms with Gasteiger partial charge in [-0.1, -0.05) is 0 Å². The lowest BCUT2D eigenvalue weighted by Gasteiger charge is -2.16. The highest BCUT2D eigenvalue weighted by Crippen LogP contribution is 2.25. The summed E-state index contributed by atoms with van der Waals surface area (Å²) in [5, 5.41) is 0.607. The van der Waals surface area contributed by atoms with E-state index in [2.05, 4.69) is 0 Å². The number of rotatable bonds is 4. The van der Waals surface area contributed by atoms with Gasteiger partial charge in [0, 0.05) is 17.5 Å². The van der Waals surface area contributed by atoms with E-state index in [1.54, 1.807) is 18.2 Å². The lowest BCUT2D eigenvalue weighted by Crippen LogP contribution is -2.27. The van der Waals surface area contributed by atoms with Gasteiger partial charge in [-0.15, -0.1) is 0 Å². The summed E-state index contributed by atoms with van der Waals surface area (Å²) in [7, 11) is 2.81. The zero-order valence-corrected chi connectivity index (χ0v) is 12.9. The fourth-order valence-corrected chi connectivity index (χ4v) is 2.62. The third kappa shape index (κ3) is 2.93. The monoisotopic (exact) mass is 319 g/mol. The molecule has 1 aromatic heterocycles. The summed E-state index contributed by atoms with van der Waals surface area (Å²) in [5.74, 6) is -0.0297. The number of esters is 1. The van der Waals surface area contributed by atoms with Gasteiger partial charge in [0.15, 0.2) is 6.29 Å². The van der Waals surface area contributed by atoms with Crippen LogP contribution in [-0.4, -0.2) is 44.3 Å². The van der Waals surface area contributed by atoms with Crippen LogP contribution in [0.15, 0.2) is 29.1 Å². The lowest BCUT2D eigenvalue weighted by molar-refractivity contribution is -0.0522. The van der Waals surface area contributed by atoms with E-state index in [-0.39, 0.29) is 12.1 Å². The predicted molar refractivity (Wildman–Crippen MR) is 81.8 cm³/mol. The number of aromatic nitrogens is 1. The molecule has 0 saturated carbocycles. The first-order valence-electron chi connectivity index (χ1n) is 7.17. The number of nitrogens with zero attached hydrogens (tertiary/aromatic N) is 1. The molecule has 0 amide bonds. The van der Waals surface area contributed by atoms with Crippen molar-refractivity contribution >= 4 is 16.9 Å². The second-order valence-corrected chi connectivity index (χ2v) is 5.05. The zero-order valence-electron chi connectivity index (χ0n) is 12.9. The van der Waals surface area contributed by atoms with Crippen LogP contribution in [0.1, 0.15) is 10.4 Å². The fourth-order valence-electron chi connectivity index (χ4n) is 2.62. The molecule has 23 heavy (non-hydrogen) atoms. The minimum Gasteiger partial charge on any atom is -0.497 e. The van der Waals surface area contributed by atoms with Crippen molar-refractivity contribution < 1.29 is 23.7 Å². The molecule has 0 spiro atoms. The number of ether oxygens (including phenoxy) is 4. The molecule has 3 rings (SSSR count). The van der Waals surface area contributed by atoms with Gasteiger partial charge in [0.1, 0.15) is 5.75 Å². The van der Waals surface area contributed by atoms with Crippen molar-refractivity contribution in [3.63, 3.8) is 0 Å². The van der Waals surface area contributed by atoms with Gasteiger partial charge in [0.25, 0.3) is 5.56 Å². The van der Waals surface area contributed by atoms with Crippen LogP contribution < -0.4 is 10.3 Å². The number of fused-ring (bicyclic) bond motifs is 1. The predicted octanol–water partition coefficient (Wildman–Crippen LogP) is 1.17. The summed E-state index contributed by atoms with van der Waals surface area (Å²) in [4.78, 5) is 24.3. The second-order valence-electron chi connectivity index (χ2n) is 5.05. The minimum atomic E-state index is -0.493. The fraction of sp³-hybridized carbons (Fsp3) is 0.375. The van der Waals surface area contributed by atoms with Crippen LogP contribution in [-0.2, 0) is 20.8 Å². The summed E-state index contributed by atoms with van der Waals surface area (Å²) in [6, 6.07) is 6.32. The highest BCUT2D eigenvalue weighted by Gasteiger charge is 2.20. The van der Waals surface area contributed by atoms with Crippen LogP contribution >= 0.6 is 0 Å². The second kappa shape index (κ2) is 6.39. The number of hydrogen-bond acceptors (Lipinski definition) is 6. The van der Waals surface area contributed by atoms with Crippen molar-refractivity contribution in [1.82, 2.24) is 4.57 Å². The molecule has 1 saturated heterocycles. The molecule has 1 aliphatic heterocycles. The van der Waals surface area contributed by atoms with Crippen LogP contribution in [0, 0.1) is 0 Å². The number of hydrogen-bond donors (Lipinski definition) is 0.